The lowest BCUT2D eigenvalue weighted by molar-refractivity contribution is -0.00136. The summed E-state index contributed by atoms with van der Waals surface area (Å²) in [5, 5.41) is 9.11. The van der Waals surface area contributed by atoms with Crippen molar-refractivity contribution in [1.29, 1.82) is 0 Å². The molecule has 0 unspecified atom stereocenters. The third-order valence-electron chi connectivity index (χ3n) is 3.90. The van der Waals surface area contributed by atoms with E-state index in [-0.39, 0.29) is 0 Å². The molecule has 2 rings (SSSR count). The molecule has 1 aromatic rings. The van der Waals surface area contributed by atoms with Gasteiger partial charge in [-0.05, 0) is 50.7 Å². The van der Waals surface area contributed by atoms with Gasteiger partial charge in [0.15, 0.2) is 11.5 Å². The van der Waals surface area contributed by atoms with Crippen LogP contribution in [0.15, 0.2) is 24.3 Å². The second-order valence-electron chi connectivity index (χ2n) is 5.42. The van der Waals surface area contributed by atoms with Crippen LogP contribution in [-0.2, 0) is 4.74 Å². The first-order valence-corrected chi connectivity index (χ1v) is 7.90. The molecule has 0 amide bonds. The molecule has 1 aliphatic carbocycles. The third-order valence-corrected chi connectivity index (χ3v) is 3.90. The first kappa shape index (κ1) is 16.1. The van der Waals surface area contributed by atoms with E-state index in [1.807, 2.05) is 31.2 Å². The zero-order valence-electron chi connectivity index (χ0n) is 12.8. The van der Waals surface area contributed by atoms with Crippen molar-refractivity contribution in [2.75, 3.05) is 26.4 Å². The van der Waals surface area contributed by atoms with Gasteiger partial charge in [0.1, 0.15) is 6.61 Å². The Morgan fingerprint density at radius 2 is 1.67 bits per heavy atom. The van der Waals surface area contributed by atoms with Crippen LogP contribution in [0.25, 0.3) is 0 Å². The Balaban J connectivity index is 1.66. The van der Waals surface area contributed by atoms with E-state index in [9.17, 15) is 0 Å². The van der Waals surface area contributed by atoms with Crippen molar-refractivity contribution in [3.05, 3.63) is 24.3 Å². The average Bonchev–Trinajstić information content (AvgIpc) is 2.54. The van der Waals surface area contributed by atoms with Crippen molar-refractivity contribution < 1.29 is 19.3 Å². The van der Waals surface area contributed by atoms with Crippen LogP contribution in [0.3, 0.4) is 0 Å². The van der Waals surface area contributed by atoms with E-state index in [2.05, 4.69) is 0 Å². The summed E-state index contributed by atoms with van der Waals surface area (Å²) >= 11 is 0. The fraction of sp³-hybridized carbons (Fsp3) is 0.647. The van der Waals surface area contributed by atoms with Crippen LogP contribution in [0.5, 0.6) is 11.5 Å². The molecule has 21 heavy (non-hydrogen) atoms. The Kier molecular flexibility index (Phi) is 6.83. The van der Waals surface area contributed by atoms with Gasteiger partial charge in [-0.25, -0.2) is 0 Å². The highest BCUT2D eigenvalue weighted by Gasteiger charge is 2.20. The minimum Gasteiger partial charge on any atom is -0.490 e. The molecule has 0 atom stereocenters. The summed E-state index contributed by atoms with van der Waals surface area (Å²) in [4.78, 5) is 0. The van der Waals surface area contributed by atoms with Crippen LogP contribution in [0.4, 0.5) is 0 Å². The first-order valence-electron chi connectivity index (χ1n) is 7.90. The number of rotatable bonds is 8. The fourth-order valence-electron chi connectivity index (χ4n) is 2.69. The minimum atomic E-state index is 0.310. The lowest BCUT2D eigenvalue weighted by atomic mass is 9.88. The number of para-hydroxylation sites is 2. The number of ether oxygens (including phenoxy) is 3. The summed E-state index contributed by atoms with van der Waals surface area (Å²) in [7, 11) is 0. The molecule has 1 fully saturated rings. The van der Waals surface area contributed by atoms with Crippen molar-refractivity contribution in [3.63, 3.8) is 0 Å². The summed E-state index contributed by atoms with van der Waals surface area (Å²) in [5.41, 5.74) is 0. The van der Waals surface area contributed by atoms with Crippen molar-refractivity contribution in [2.45, 2.75) is 38.7 Å². The second-order valence-corrected chi connectivity index (χ2v) is 5.42. The Labute approximate surface area is 127 Å². The molecule has 0 bridgehead atoms. The number of aliphatic hydroxyl groups is 1. The van der Waals surface area contributed by atoms with Gasteiger partial charge in [-0.1, -0.05) is 12.1 Å². The summed E-state index contributed by atoms with van der Waals surface area (Å²) in [6.07, 6.45) is 4.53. The Morgan fingerprint density at radius 3 is 2.29 bits per heavy atom. The van der Waals surface area contributed by atoms with E-state index < -0.39 is 0 Å². The highest BCUT2D eigenvalue weighted by molar-refractivity contribution is 5.39. The molecule has 1 aromatic carbocycles. The second kappa shape index (κ2) is 8.90. The maximum absolute atomic E-state index is 9.11. The zero-order valence-corrected chi connectivity index (χ0v) is 12.8. The maximum Gasteiger partial charge on any atom is 0.161 e. The largest absolute Gasteiger partial charge is 0.490 e. The van der Waals surface area contributed by atoms with E-state index >= 15 is 0 Å². The van der Waals surface area contributed by atoms with E-state index in [0.29, 0.717) is 38.4 Å². The average molecular weight is 294 g/mol. The van der Waals surface area contributed by atoms with Crippen molar-refractivity contribution in [1.82, 2.24) is 0 Å². The smallest absolute Gasteiger partial charge is 0.161 e. The van der Waals surface area contributed by atoms with Crippen LogP contribution in [0.2, 0.25) is 0 Å². The minimum absolute atomic E-state index is 0.310. The Bertz CT molecular complexity index is 400. The highest BCUT2D eigenvalue weighted by Crippen LogP contribution is 2.27. The zero-order chi connectivity index (χ0) is 14.9. The molecular formula is C17H26O4. The summed E-state index contributed by atoms with van der Waals surface area (Å²) in [6, 6.07) is 7.70. The monoisotopic (exact) mass is 294 g/mol. The predicted molar refractivity (Wildman–Crippen MR) is 81.9 cm³/mol. The lowest BCUT2D eigenvalue weighted by Crippen LogP contribution is -2.25. The van der Waals surface area contributed by atoms with Crippen molar-refractivity contribution >= 4 is 0 Å². The van der Waals surface area contributed by atoms with Gasteiger partial charge in [0.25, 0.3) is 0 Å². The number of hydrogen-bond acceptors (Lipinski definition) is 4. The van der Waals surface area contributed by atoms with Gasteiger partial charge < -0.3 is 19.3 Å². The van der Waals surface area contributed by atoms with Gasteiger partial charge in [0.2, 0.25) is 0 Å². The number of aliphatic hydroxyl groups excluding tert-OH is 1. The van der Waals surface area contributed by atoms with Crippen LogP contribution in [0, 0.1) is 5.92 Å². The van der Waals surface area contributed by atoms with E-state index in [1.54, 1.807) is 0 Å². The molecule has 0 heterocycles. The van der Waals surface area contributed by atoms with Gasteiger partial charge in [-0.3, -0.25) is 0 Å². The molecule has 1 saturated carbocycles. The molecule has 1 N–H and O–H groups in total. The van der Waals surface area contributed by atoms with E-state index in [4.69, 9.17) is 19.3 Å². The molecule has 1 aliphatic rings. The molecule has 0 aliphatic heterocycles. The van der Waals surface area contributed by atoms with Gasteiger partial charge >= 0.3 is 0 Å². The maximum atomic E-state index is 9.11. The molecule has 0 radical (unpaired) electrons. The molecule has 118 valence electrons. The number of hydrogen-bond donors (Lipinski definition) is 1. The van der Waals surface area contributed by atoms with Gasteiger partial charge in [0.05, 0.1) is 19.3 Å². The SMILES string of the molecule is CCOc1ccccc1OCCOC1CCC(CO)CC1. The van der Waals surface area contributed by atoms with E-state index in [0.717, 1.165) is 37.2 Å². The fourth-order valence-corrected chi connectivity index (χ4v) is 2.69. The van der Waals surface area contributed by atoms with Gasteiger partial charge in [-0.2, -0.15) is 0 Å². The van der Waals surface area contributed by atoms with Crippen molar-refractivity contribution in [2.24, 2.45) is 5.92 Å². The highest BCUT2D eigenvalue weighted by atomic mass is 16.5. The third kappa shape index (κ3) is 5.21. The van der Waals surface area contributed by atoms with Crippen molar-refractivity contribution in [3.8, 4) is 11.5 Å². The lowest BCUT2D eigenvalue weighted by Gasteiger charge is -2.27. The predicted octanol–water partition coefficient (Wildman–Crippen LogP) is 3.03. The van der Waals surface area contributed by atoms with Crippen LogP contribution >= 0.6 is 0 Å². The van der Waals surface area contributed by atoms with Crippen LogP contribution in [-0.4, -0.2) is 37.6 Å². The molecule has 4 nitrogen and oxygen atoms in total. The summed E-state index contributed by atoms with van der Waals surface area (Å²) in [5.74, 6) is 2.02. The molecule has 0 saturated heterocycles. The van der Waals surface area contributed by atoms with Crippen LogP contribution in [0.1, 0.15) is 32.6 Å². The van der Waals surface area contributed by atoms with Gasteiger partial charge in [-0.15, -0.1) is 0 Å². The van der Waals surface area contributed by atoms with Crippen LogP contribution < -0.4 is 9.47 Å². The Morgan fingerprint density at radius 1 is 1.00 bits per heavy atom. The summed E-state index contributed by atoms with van der Waals surface area (Å²) in [6.45, 7) is 4.02. The van der Waals surface area contributed by atoms with Gasteiger partial charge in [0, 0.05) is 6.61 Å². The molecular weight excluding hydrogens is 268 g/mol. The first-order chi connectivity index (χ1) is 10.3. The van der Waals surface area contributed by atoms with E-state index in [1.165, 1.54) is 0 Å². The Hall–Kier alpha value is -1.26. The molecule has 0 aromatic heterocycles. The summed E-state index contributed by atoms with van der Waals surface area (Å²) < 4.78 is 17.1. The molecule has 0 spiro atoms. The molecule has 4 heteroatoms. The topological polar surface area (TPSA) is 47.9 Å². The number of benzene rings is 1. The normalized spacial score (nSPS) is 22.0. The quantitative estimate of drug-likeness (QED) is 0.749. The standard InChI is InChI=1S/C17H26O4/c1-2-19-16-5-3-4-6-17(16)21-12-11-20-15-9-7-14(13-18)8-10-15/h3-6,14-15,18H,2,7-13H2,1H3.